The van der Waals surface area contributed by atoms with Crippen molar-refractivity contribution >= 4 is 17.5 Å². The summed E-state index contributed by atoms with van der Waals surface area (Å²) >= 11 is 5.36. The molecular weight excluding hydrogens is 202 g/mol. The van der Waals surface area contributed by atoms with Gasteiger partial charge in [0.05, 0.1) is 0 Å². The molecule has 1 rings (SSSR count). The lowest BCUT2D eigenvalue weighted by molar-refractivity contribution is -0.179. The van der Waals surface area contributed by atoms with Gasteiger partial charge in [-0.2, -0.15) is 0 Å². The molecule has 0 fully saturated rings. The third kappa shape index (κ3) is 3.36. The van der Waals surface area contributed by atoms with Crippen molar-refractivity contribution in [3.8, 4) is 0 Å². The van der Waals surface area contributed by atoms with Crippen LogP contribution in [0.15, 0.2) is 30.3 Å². The number of nitrogens with zero attached hydrogens (tertiary/aromatic N) is 1. The van der Waals surface area contributed by atoms with Gasteiger partial charge in [-0.15, -0.1) is 11.6 Å². The number of carbonyl (C=O) groups is 1. The van der Waals surface area contributed by atoms with E-state index in [0.29, 0.717) is 6.61 Å². The summed E-state index contributed by atoms with van der Waals surface area (Å²) in [6.07, 6.45) is 0. The number of hydroxylamine groups is 2. The molecule has 1 amide bonds. The van der Waals surface area contributed by atoms with E-state index in [0.717, 1.165) is 10.6 Å². The average Bonchev–Trinajstić information content (AvgIpc) is 2.26. The maximum atomic E-state index is 11.0. The van der Waals surface area contributed by atoms with Gasteiger partial charge in [-0.3, -0.25) is 9.63 Å². The molecule has 0 bridgehead atoms. The summed E-state index contributed by atoms with van der Waals surface area (Å²) in [7, 11) is 1.55. The highest BCUT2D eigenvalue weighted by molar-refractivity contribution is 6.27. The van der Waals surface area contributed by atoms with Crippen molar-refractivity contribution in [2.75, 3.05) is 12.9 Å². The Bertz CT molecular complexity index is 289. The number of alkyl halides is 1. The molecule has 0 aromatic heterocycles. The lowest BCUT2D eigenvalue weighted by atomic mass is 10.2. The fourth-order valence-electron chi connectivity index (χ4n) is 0.902. The first-order chi connectivity index (χ1) is 6.74. The molecule has 4 heteroatoms. The summed E-state index contributed by atoms with van der Waals surface area (Å²) in [4.78, 5) is 16.2. The van der Waals surface area contributed by atoms with Crippen LogP contribution in [-0.4, -0.2) is 23.9 Å². The van der Waals surface area contributed by atoms with Crippen LogP contribution in [0.4, 0.5) is 0 Å². The lowest BCUT2D eigenvalue weighted by Crippen LogP contribution is -2.27. The summed E-state index contributed by atoms with van der Waals surface area (Å²) in [5, 5.41) is 1.15. The molecule has 0 radical (unpaired) electrons. The molecule has 0 heterocycles. The van der Waals surface area contributed by atoms with Gasteiger partial charge in [0.2, 0.25) is 0 Å². The van der Waals surface area contributed by atoms with E-state index in [1.165, 1.54) is 0 Å². The SMILES string of the molecule is CN(OCc1ccccc1)C(=O)CCl. The summed E-state index contributed by atoms with van der Waals surface area (Å²) in [5.41, 5.74) is 1.02. The van der Waals surface area contributed by atoms with Crippen LogP contribution < -0.4 is 0 Å². The Balaban J connectivity index is 2.38. The minimum absolute atomic E-state index is 0.0642. The second-order valence-electron chi connectivity index (χ2n) is 2.78. The zero-order valence-electron chi connectivity index (χ0n) is 7.94. The van der Waals surface area contributed by atoms with E-state index >= 15 is 0 Å². The van der Waals surface area contributed by atoms with Gasteiger partial charge in [-0.1, -0.05) is 30.3 Å². The third-order valence-corrected chi connectivity index (χ3v) is 1.96. The molecule has 0 saturated heterocycles. The third-order valence-electron chi connectivity index (χ3n) is 1.73. The fourth-order valence-corrected chi connectivity index (χ4v) is 1.07. The van der Waals surface area contributed by atoms with E-state index in [1.807, 2.05) is 30.3 Å². The van der Waals surface area contributed by atoms with Gasteiger partial charge in [0.1, 0.15) is 12.5 Å². The van der Waals surface area contributed by atoms with Crippen molar-refractivity contribution in [3.05, 3.63) is 35.9 Å². The number of amides is 1. The van der Waals surface area contributed by atoms with Crippen molar-refractivity contribution in [3.63, 3.8) is 0 Å². The van der Waals surface area contributed by atoms with Crippen LogP contribution in [0.25, 0.3) is 0 Å². The Morgan fingerprint density at radius 3 is 2.64 bits per heavy atom. The maximum Gasteiger partial charge on any atom is 0.260 e. The maximum absolute atomic E-state index is 11.0. The standard InChI is InChI=1S/C10H12ClNO2/c1-12(10(13)7-11)14-8-9-5-3-2-4-6-9/h2-6H,7-8H2,1H3. The highest BCUT2D eigenvalue weighted by Gasteiger charge is 2.06. The van der Waals surface area contributed by atoms with Gasteiger partial charge in [0.25, 0.3) is 5.91 Å². The Labute approximate surface area is 88.2 Å². The lowest BCUT2D eigenvalue weighted by Gasteiger charge is -2.15. The minimum Gasteiger partial charge on any atom is -0.271 e. The first-order valence-electron chi connectivity index (χ1n) is 4.23. The predicted molar refractivity (Wildman–Crippen MR) is 54.7 cm³/mol. The quantitative estimate of drug-likeness (QED) is 0.564. The summed E-state index contributed by atoms with van der Waals surface area (Å²) in [6, 6.07) is 9.62. The molecule has 3 nitrogen and oxygen atoms in total. The van der Waals surface area contributed by atoms with Crippen molar-refractivity contribution in [1.29, 1.82) is 0 Å². The second kappa shape index (κ2) is 5.62. The van der Waals surface area contributed by atoms with Crippen molar-refractivity contribution < 1.29 is 9.63 Å². The zero-order valence-corrected chi connectivity index (χ0v) is 8.70. The van der Waals surface area contributed by atoms with Gasteiger partial charge < -0.3 is 0 Å². The van der Waals surface area contributed by atoms with Crippen LogP contribution in [0, 0.1) is 0 Å². The van der Waals surface area contributed by atoms with Crippen molar-refractivity contribution in [1.82, 2.24) is 5.06 Å². The second-order valence-corrected chi connectivity index (χ2v) is 3.05. The summed E-state index contributed by atoms with van der Waals surface area (Å²) in [5.74, 6) is -0.312. The Kier molecular flexibility index (Phi) is 4.43. The number of benzene rings is 1. The minimum atomic E-state index is -0.248. The number of halogens is 1. The Morgan fingerprint density at radius 1 is 1.43 bits per heavy atom. The topological polar surface area (TPSA) is 29.5 Å². The number of hydrogen-bond donors (Lipinski definition) is 0. The Morgan fingerprint density at radius 2 is 2.07 bits per heavy atom. The van der Waals surface area contributed by atoms with E-state index in [4.69, 9.17) is 16.4 Å². The van der Waals surface area contributed by atoms with E-state index in [9.17, 15) is 4.79 Å². The summed E-state index contributed by atoms with van der Waals surface area (Å²) in [6.45, 7) is 0.375. The largest absolute Gasteiger partial charge is 0.271 e. The fraction of sp³-hybridized carbons (Fsp3) is 0.300. The van der Waals surface area contributed by atoms with Gasteiger partial charge in [-0.05, 0) is 5.56 Å². The van der Waals surface area contributed by atoms with Crippen LogP contribution >= 0.6 is 11.6 Å². The molecule has 0 aliphatic rings. The molecule has 1 aromatic carbocycles. The normalized spacial score (nSPS) is 9.86. The van der Waals surface area contributed by atoms with Gasteiger partial charge in [-0.25, -0.2) is 5.06 Å². The highest BCUT2D eigenvalue weighted by atomic mass is 35.5. The van der Waals surface area contributed by atoms with E-state index in [-0.39, 0.29) is 11.8 Å². The molecule has 14 heavy (non-hydrogen) atoms. The van der Waals surface area contributed by atoms with Gasteiger partial charge >= 0.3 is 0 Å². The molecule has 0 unspecified atom stereocenters. The molecule has 0 saturated carbocycles. The van der Waals surface area contributed by atoms with Crippen LogP contribution in [-0.2, 0) is 16.2 Å². The smallest absolute Gasteiger partial charge is 0.260 e. The molecule has 0 aliphatic heterocycles. The summed E-state index contributed by atoms with van der Waals surface area (Å²) < 4.78 is 0. The van der Waals surface area contributed by atoms with E-state index in [1.54, 1.807) is 7.05 Å². The molecule has 0 N–H and O–H groups in total. The first-order valence-corrected chi connectivity index (χ1v) is 4.77. The molecule has 0 atom stereocenters. The van der Waals surface area contributed by atoms with E-state index in [2.05, 4.69) is 0 Å². The molecule has 0 aliphatic carbocycles. The predicted octanol–water partition coefficient (Wildman–Crippen LogP) is 1.82. The van der Waals surface area contributed by atoms with Crippen molar-refractivity contribution in [2.24, 2.45) is 0 Å². The first kappa shape index (κ1) is 11.0. The molecule has 0 spiro atoms. The zero-order chi connectivity index (χ0) is 10.4. The van der Waals surface area contributed by atoms with Crippen LogP contribution in [0.1, 0.15) is 5.56 Å². The number of rotatable bonds is 4. The van der Waals surface area contributed by atoms with Crippen LogP contribution in [0.5, 0.6) is 0 Å². The Hall–Kier alpha value is -1.06. The number of hydrogen-bond acceptors (Lipinski definition) is 2. The van der Waals surface area contributed by atoms with Crippen molar-refractivity contribution in [2.45, 2.75) is 6.61 Å². The number of carbonyl (C=O) groups excluding carboxylic acids is 1. The van der Waals surface area contributed by atoms with Crippen LogP contribution in [0.3, 0.4) is 0 Å². The molecule has 76 valence electrons. The van der Waals surface area contributed by atoms with E-state index < -0.39 is 0 Å². The van der Waals surface area contributed by atoms with Gasteiger partial charge in [0, 0.05) is 7.05 Å². The monoisotopic (exact) mass is 213 g/mol. The van der Waals surface area contributed by atoms with Crippen LogP contribution in [0.2, 0.25) is 0 Å². The molecule has 1 aromatic rings. The highest BCUT2D eigenvalue weighted by Crippen LogP contribution is 2.02. The van der Waals surface area contributed by atoms with Gasteiger partial charge in [0.15, 0.2) is 0 Å². The average molecular weight is 214 g/mol. The molecular formula is C10H12ClNO2.